The van der Waals surface area contributed by atoms with Crippen LogP contribution in [-0.4, -0.2) is 56.9 Å². The first kappa shape index (κ1) is 21.9. The van der Waals surface area contributed by atoms with Gasteiger partial charge in [-0.3, -0.25) is 4.79 Å². The lowest BCUT2D eigenvalue weighted by atomic mass is 9.96. The van der Waals surface area contributed by atoms with Gasteiger partial charge in [-0.25, -0.2) is 4.99 Å². The number of carbonyl (C=O) groups is 1. The Balaban J connectivity index is 1.76. The van der Waals surface area contributed by atoms with Crippen LogP contribution in [-0.2, 0) is 11.3 Å². The van der Waals surface area contributed by atoms with E-state index in [9.17, 15) is 13.6 Å². The molecule has 0 unspecified atom stereocenters. The summed E-state index contributed by atoms with van der Waals surface area (Å²) in [5.41, 5.74) is 0.434. The van der Waals surface area contributed by atoms with Gasteiger partial charge in [0.2, 0.25) is 12.7 Å². The summed E-state index contributed by atoms with van der Waals surface area (Å²) in [5, 5.41) is 6.39. The molecule has 0 spiro atoms. The second-order valence-electron chi connectivity index (χ2n) is 7.48. The minimum Gasteiger partial charge on any atom is -0.454 e. The van der Waals surface area contributed by atoms with Crippen molar-refractivity contribution in [1.29, 1.82) is 0 Å². The molecule has 0 saturated heterocycles. The van der Waals surface area contributed by atoms with E-state index in [0.717, 1.165) is 25.7 Å². The van der Waals surface area contributed by atoms with Gasteiger partial charge in [-0.2, -0.15) is 8.78 Å². The monoisotopic (exact) mass is 426 g/mol. The van der Waals surface area contributed by atoms with E-state index in [2.05, 4.69) is 20.4 Å². The van der Waals surface area contributed by atoms with Crippen LogP contribution in [0.3, 0.4) is 0 Å². The molecule has 0 radical (unpaired) electrons. The van der Waals surface area contributed by atoms with Crippen molar-refractivity contribution < 1.29 is 27.8 Å². The maximum Gasteiger partial charge on any atom is 0.387 e. The van der Waals surface area contributed by atoms with E-state index < -0.39 is 6.61 Å². The van der Waals surface area contributed by atoms with Crippen molar-refractivity contribution >= 4 is 11.9 Å². The van der Waals surface area contributed by atoms with Crippen molar-refractivity contribution in [3.8, 4) is 17.2 Å². The molecular formula is C20H28F2N4O4. The Labute approximate surface area is 174 Å². The number of benzene rings is 1. The smallest absolute Gasteiger partial charge is 0.387 e. The number of nitrogens with zero attached hydrogens (tertiary/aromatic N) is 2. The van der Waals surface area contributed by atoms with Gasteiger partial charge in [-0.1, -0.05) is 19.3 Å². The third-order valence-electron chi connectivity index (χ3n) is 5.03. The molecule has 30 heavy (non-hydrogen) atoms. The fraction of sp³-hybridized carbons (Fsp3) is 0.600. The Morgan fingerprint density at radius 3 is 2.60 bits per heavy atom. The SMILES string of the molecule is CN(C)C(=O)CNC(=NCc1cc2c(cc1OC(F)F)OCO2)NC1CCCCC1. The number of carbonyl (C=O) groups excluding carboxylic acids is 1. The summed E-state index contributed by atoms with van der Waals surface area (Å²) >= 11 is 0. The summed E-state index contributed by atoms with van der Waals surface area (Å²) in [6.07, 6.45) is 5.52. The summed E-state index contributed by atoms with van der Waals surface area (Å²) in [6, 6.07) is 3.23. The predicted molar refractivity (Wildman–Crippen MR) is 107 cm³/mol. The minimum atomic E-state index is -2.97. The topological polar surface area (TPSA) is 84.4 Å². The number of hydrogen-bond acceptors (Lipinski definition) is 5. The second kappa shape index (κ2) is 10.3. The van der Waals surface area contributed by atoms with E-state index in [0.29, 0.717) is 23.0 Å². The normalized spacial score (nSPS) is 16.5. The number of ether oxygens (including phenoxy) is 3. The average molecular weight is 426 g/mol. The van der Waals surface area contributed by atoms with Crippen LogP contribution in [0.4, 0.5) is 8.78 Å². The van der Waals surface area contributed by atoms with Crippen molar-refractivity contribution in [1.82, 2.24) is 15.5 Å². The number of rotatable bonds is 7. The number of fused-ring (bicyclic) bond motifs is 1. The molecule has 0 atom stereocenters. The fourth-order valence-corrected chi connectivity index (χ4v) is 3.37. The van der Waals surface area contributed by atoms with Crippen molar-refractivity contribution in [2.75, 3.05) is 27.4 Å². The van der Waals surface area contributed by atoms with Crippen LogP contribution < -0.4 is 24.8 Å². The number of hydrogen-bond donors (Lipinski definition) is 2. The molecule has 0 bridgehead atoms. The lowest BCUT2D eigenvalue weighted by Gasteiger charge is -2.25. The summed E-state index contributed by atoms with van der Waals surface area (Å²) in [4.78, 5) is 18.0. The maximum absolute atomic E-state index is 12.8. The number of halogens is 2. The zero-order chi connectivity index (χ0) is 21.5. The molecule has 2 aliphatic rings. The molecule has 1 aliphatic carbocycles. The first-order valence-electron chi connectivity index (χ1n) is 10.0. The van der Waals surface area contributed by atoms with E-state index in [1.807, 2.05) is 0 Å². The van der Waals surface area contributed by atoms with E-state index in [1.165, 1.54) is 17.4 Å². The number of guanidine groups is 1. The maximum atomic E-state index is 12.8. The van der Waals surface area contributed by atoms with E-state index >= 15 is 0 Å². The predicted octanol–water partition coefficient (Wildman–Crippen LogP) is 2.47. The zero-order valence-corrected chi connectivity index (χ0v) is 17.2. The Morgan fingerprint density at radius 1 is 1.23 bits per heavy atom. The van der Waals surface area contributed by atoms with Gasteiger partial charge in [0.1, 0.15) is 5.75 Å². The number of nitrogens with one attached hydrogen (secondary N) is 2. The van der Waals surface area contributed by atoms with Gasteiger partial charge in [0.25, 0.3) is 0 Å². The van der Waals surface area contributed by atoms with Gasteiger partial charge >= 0.3 is 6.61 Å². The Morgan fingerprint density at radius 2 is 1.93 bits per heavy atom. The highest BCUT2D eigenvalue weighted by molar-refractivity contribution is 5.86. The van der Waals surface area contributed by atoms with Gasteiger partial charge in [-0.05, 0) is 18.9 Å². The highest BCUT2D eigenvalue weighted by Gasteiger charge is 2.21. The molecule has 1 aromatic rings. The summed E-state index contributed by atoms with van der Waals surface area (Å²) in [6.45, 7) is -2.80. The number of amides is 1. The van der Waals surface area contributed by atoms with Crippen LogP contribution in [0.1, 0.15) is 37.7 Å². The van der Waals surface area contributed by atoms with E-state index in [4.69, 9.17) is 9.47 Å². The zero-order valence-electron chi connectivity index (χ0n) is 17.2. The molecule has 1 aromatic carbocycles. The molecule has 8 nitrogen and oxygen atoms in total. The summed E-state index contributed by atoms with van der Waals surface area (Å²) in [5.74, 6) is 1.16. The lowest BCUT2D eigenvalue weighted by Crippen LogP contribution is -2.47. The second-order valence-corrected chi connectivity index (χ2v) is 7.48. The minimum absolute atomic E-state index is 0.0145. The number of alkyl halides is 2. The van der Waals surface area contributed by atoms with Crippen molar-refractivity contribution in [3.05, 3.63) is 17.7 Å². The highest BCUT2D eigenvalue weighted by Crippen LogP contribution is 2.39. The third-order valence-corrected chi connectivity index (χ3v) is 5.03. The Kier molecular flexibility index (Phi) is 7.53. The fourth-order valence-electron chi connectivity index (χ4n) is 3.37. The van der Waals surface area contributed by atoms with Crippen LogP contribution >= 0.6 is 0 Å². The van der Waals surface area contributed by atoms with Crippen LogP contribution in [0.2, 0.25) is 0 Å². The molecule has 2 N–H and O–H groups in total. The number of likely N-dealkylation sites (N-methyl/N-ethyl adjacent to an activating group) is 1. The Bertz CT molecular complexity index is 767. The van der Waals surface area contributed by atoms with Crippen molar-refractivity contribution in [2.24, 2.45) is 4.99 Å². The standard InChI is InChI=1S/C20H28F2N4O4/c1-26(2)18(27)11-24-20(25-14-6-4-3-5-7-14)23-10-13-8-16-17(29-12-28-16)9-15(13)30-19(21)22/h8-9,14,19H,3-7,10-12H2,1-2H3,(H2,23,24,25). The first-order valence-corrected chi connectivity index (χ1v) is 10.0. The van der Waals surface area contributed by atoms with Crippen molar-refractivity contribution in [2.45, 2.75) is 51.3 Å². The van der Waals surface area contributed by atoms with E-state index in [-0.39, 0.29) is 37.6 Å². The molecular weight excluding hydrogens is 398 g/mol. The van der Waals surface area contributed by atoms with Crippen LogP contribution in [0, 0.1) is 0 Å². The largest absolute Gasteiger partial charge is 0.454 e. The quantitative estimate of drug-likeness (QED) is 0.515. The van der Waals surface area contributed by atoms with Crippen LogP contribution in [0.15, 0.2) is 17.1 Å². The molecule has 1 amide bonds. The highest BCUT2D eigenvalue weighted by atomic mass is 19.3. The first-order chi connectivity index (χ1) is 14.4. The van der Waals surface area contributed by atoms with E-state index in [1.54, 1.807) is 20.2 Å². The molecule has 1 heterocycles. The average Bonchev–Trinajstić information content (AvgIpc) is 3.17. The molecule has 3 rings (SSSR count). The Hall–Kier alpha value is -2.78. The summed E-state index contributed by atoms with van der Waals surface area (Å²) in [7, 11) is 3.35. The molecule has 1 fully saturated rings. The van der Waals surface area contributed by atoms with Gasteiger partial charge < -0.3 is 29.7 Å². The number of aliphatic imine (C=N–C) groups is 1. The van der Waals surface area contributed by atoms with Gasteiger partial charge in [-0.15, -0.1) is 0 Å². The van der Waals surface area contributed by atoms with Crippen molar-refractivity contribution in [3.63, 3.8) is 0 Å². The lowest BCUT2D eigenvalue weighted by molar-refractivity contribution is -0.127. The molecule has 10 heteroatoms. The molecule has 1 aliphatic heterocycles. The van der Waals surface area contributed by atoms with Gasteiger partial charge in [0.15, 0.2) is 17.5 Å². The molecule has 166 valence electrons. The van der Waals surface area contributed by atoms with Gasteiger partial charge in [0.05, 0.1) is 13.1 Å². The van der Waals surface area contributed by atoms with Crippen LogP contribution in [0.25, 0.3) is 0 Å². The summed E-state index contributed by atoms with van der Waals surface area (Å²) < 4.78 is 40.9. The third kappa shape index (κ3) is 6.11. The van der Waals surface area contributed by atoms with Crippen LogP contribution in [0.5, 0.6) is 17.2 Å². The molecule has 0 aromatic heterocycles. The van der Waals surface area contributed by atoms with Gasteiger partial charge in [0, 0.05) is 31.8 Å². The molecule has 1 saturated carbocycles.